The summed E-state index contributed by atoms with van der Waals surface area (Å²) in [7, 11) is 2.02. The number of amidine groups is 1. The van der Waals surface area contributed by atoms with Gasteiger partial charge in [0.15, 0.2) is 5.84 Å². The second-order valence-electron chi connectivity index (χ2n) is 9.18. The highest BCUT2D eigenvalue weighted by Gasteiger charge is 2.23. The number of carbonyl (C=O) groups is 1. The van der Waals surface area contributed by atoms with Crippen LogP contribution in [0.4, 0.5) is 11.4 Å². The lowest BCUT2D eigenvalue weighted by Gasteiger charge is -2.29. The molecule has 0 saturated carbocycles. The highest BCUT2D eigenvalue weighted by molar-refractivity contribution is 6.07. The third-order valence-electron chi connectivity index (χ3n) is 6.51. The number of anilines is 2. The van der Waals surface area contributed by atoms with E-state index in [9.17, 15) is 15.2 Å². The zero-order valence-corrected chi connectivity index (χ0v) is 20.7. The largest absolute Gasteiger partial charge is 0.352 e. The molecule has 1 amide bonds. The van der Waals surface area contributed by atoms with E-state index in [2.05, 4.69) is 21.4 Å². The standard InChI is InChI=1S/C28H30N6O3/c1-32(17-7-15-26-31-34(37)25-14-5-4-13-24(25)33(26)36)18-8-16-29-28(35)22-11-6-10-21-19-20-9-2-3-12-23(20)30-27(21)22/h2-6,9-14,19,36-37H,7-8,15-18H2,1H3,(H,29,35). The molecule has 37 heavy (non-hydrogen) atoms. The Morgan fingerprint density at radius 3 is 2.51 bits per heavy atom. The molecule has 0 saturated heterocycles. The van der Waals surface area contributed by atoms with Gasteiger partial charge < -0.3 is 10.2 Å². The molecule has 9 heteroatoms. The summed E-state index contributed by atoms with van der Waals surface area (Å²) < 4.78 is 0. The molecular formula is C28H30N6O3. The van der Waals surface area contributed by atoms with Gasteiger partial charge in [-0.1, -0.05) is 42.5 Å². The second-order valence-corrected chi connectivity index (χ2v) is 9.18. The summed E-state index contributed by atoms with van der Waals surface area (Å²) in [6.07, 6.45) is 2.06. The summed E-state index contributed by atoms with van der Waals surface area (Å²) in [5, 5.41) is 31.5. The van der Waals surface area contributed by atoms with E-state index >= 15 is 0 Å². The fraction of sp³-hybridized carbons (Fsp3) is 0.250. The number of amides is 1. The van der Waals surface area contributed by atoms with Gasteiger partial charge in [0.05, 0.1) is 22.3 Å². The molecule has 3 aromatic carbocycles. The minimum Gasteiger partial charge on any atom is -0.352 e. The van der Waals surface area contributed by atoms with E-state index < -0.39 is 0 Å². The zero-order chi connectivity index (χ0) is 25.8. The molecule has 0 atom stereocenters. The molecule has 190 valence electrons. The first kappa shape index (κ1) is 24.6. The third-order valence-corrected chi connectivity index (χ3v) is 6.51. The summed E-state index contributed by atoms with van der Waals surface area (Å²) in [5.74, 6) is 0.265. The van der Waals surface area contributed by atoms with Crippen LogP contribution in [0, 0.1) is 0 Å². The quantitative estimate of drug-likeness (QED) is 0.228. The molecule has 1 aliphatic rings. The normalized spacial score (nSPS) is 13.2. The van der Waals surface area contributed by atoms with Crippen molar-refractivity contribution < 1.29 is 15.2 Å². The van der Waals surface area contributed by atoms with Crippen LogP contribution in [-0.2, 0) is 0 Å². The summed E-state index contributed by atoms with van der Waals surface area (Å²) in [5.41, 5.74) is 3.09. The SMILES string of the molecule is CN(CCCNC(=O)c1cccc2cc3ccccc3nc12)CCCC1=NN(O)c2ccccc2N1O. The van der Waals surface area contributed by atoms with E-state index in [-0.39, 0.29) is 5.91 Å². The maximum atomic E-state index is 12.9. The van der Waals surface area contributed by atoms with Crippen molar-refractivity contribution in [1.29, 1.82) is 0 Å². The number of hydrogen-bond acceptors (Lipinski definition) is 8. The fourth-order valence-electron chi connectivity index (χ4n) is 4.56. The first-order valence-electron chi connectivity index (χ1n) is 12.4. The number of nitrogens with one attached hydrogen (secondary N) is 1. The molecule has 1 aliphatic heterocycles. The molecule has 4 aromatic rings. The van der Waals surface area contributed by atoms with Crippen molar-refractivity contribution in [3.05, 3.63) is 78.4 Å². The number of hydrogen-bond donors (Lipinski definition) is 3. The maximum Gasteiger partial charge on any atom is 0.253 e. The summed E-state index contributed by atoms with van der Waals surface area (Å²) in [4.78, 5) is 19.8. The monoisotopic (exact) mass is 498 g/mol. The average Bonchev–Trinajstić information content (AvgIpc) is 2.92. The number of pyridine rings is 1. The predicted octanol–water partition coefficient (Wildman–Crippen LogP) is 4.64. The summed E-state index contributed by atoms with van der Waals surface area (Å²) in [6.45, 7) is 2.15. The van der Waals surface area contributed by atoms with Crippen LogP contribution in [0.25, 0.3) is 21.8 Å². The molecule has 1 aromatic heterocycles. The Kier molecular flexibility index (Phi) is 7.27. The number of aromatic nitrogens is 1. The molecule has 3 N–H and O–H groups in total. The Labute approximate surface area is 215 Å². The number of benzene rings is 3. The molecule has 9 nitrogen and oxygen atoms in total. The van der Waals surface area contributed by atoms with E-state index in [0.717, 1.165) is 52.5 Å². The van der Waals surface area contributed by atoms with E-state index in [0.29, 0.717) is 41.3 Å². The van der Waals surface area contributed by atoms with Crippen LogP contribution in [0.3, 0.4) is 0 Å². The van der Waals surface area contributed by atoms with Crippen molar-refractivity contribution >= 4 is 44.9 Å². The van der Waals surface area contributed by atoms with Crippen molar-refractivity contribution in [3.8, 4) is 0 Å². The number of nitrogens with zero attached hydrogens (tertiary/aromatic N) is 5. The Bertz CT molecular complexity index is 1460. The minimum atomic E-state index is -0.122. The molecule has 0 radical (unpaired) electrons. The van der Waals surface area contributed by atoms with Crippen LogP contribution >= 0.6 is 0 Å². The van der Waals surface area contributed by atoms with Gasteiger partial charge in [-0.05, 0) is 63.3 Å². The van der Waals surface area contributed by atoms with E-state index in [1.54, 1.807) is 24.3 Å². The second kappa shape index (κ2) is 10.9. The van der Waals surface area contributed by atoms with Crippen molar-refractivity contribution in [3.63, 3.8) is 0 Å². The van der Waals surface area contributed by atoms with Crippen molar-refractivity contribution in [2.45, 2.75) is 19.3 Å². The van der Waals surface area contributed by atoms with Crippen molar-refractivity contribution in [2.75, 3.05) is 36.9 Å². The lowest BCUT2D eigenvalue weighted by Crippen LogP contribution is -2.36. The molecule has 0 spiro atoms. The van der Waals surface area contributed by atoms with Gasteiger partial charge in [0, 0.05) is 23.7 Å². The number of para-hydroxylation sites is 4. The van der Waals surface area contributed by atoms with Gasteiger partial charge in [0.2, 0.25) is 0 Å². The third kappa shape index (κ3) is 5.39. The summed E-state index contributed by atoms with van der Waals surface area (Å²) in [6, 6.07) is 22.6. The average molecular weight is 499 g/mol. The number of carbonyl (C=O) groups excluding carboxylic acids is 1. The predicted molar refractivity (Wildman–Crippen MR) is 145 cm³/mol. The van der Waals surface area contributed by atoms with Crippen LogP contribution in [-0.4, -0.2) is 58.7 Å². The van der Waals surface area contributed by atoms with Crippen LogP contribution in [0.2, 0.25) is 0 Å². The Balaban J connectivity index is 1.08. The van der Waals surface area contributed by atoms with Gasteiger partial charge in [0.1, 0.15) is 5.69 Å². The lowest BCUT2D eigenvalue weighted by atomic mass is 10.1. The molecular weight excluding hydrogens is 468 g/mol. The lowest BCUT2D eigenvalue weighted by molar-refractivity contribution is 0.0953. The van der Waals surface area contributed by atoms with Crippen molar-refractivity contribution in [2.24, 2.45) is 5.10 Å². The van der Waals surface area contributed by atoms with Gasteiger partial charge in [0.25, 0.3) is 5.91 Å². The van der Waals surface area contributed by atoms with Gasteiger partial charge in [-0.25, -0.2) is 10.0 Å². The number of rotatable bonds is 9. The smallest absolute Gasteiger partial charge is 0.253 e. The fourth-order valence-corrected chi connectivity index (χ4v) is 4.56. The van der Waals surface area contributed by atoms with Crippen LogP contribution < -0.4 is 15.6 Å². The van der Waals surface area contributed by atoms with Crippen molar-refractivity contribution in [1.82, 2.24) is 15.2 Å². The Morgan fingerprint density at radius 1 is 0.919 bits per heavy atom. The van der Waals surface area contributed by atoms with Crippen LogP contribution in [0.5, 0.6) is 0 Å². The first-order valence-corrected chi connectivity index (χ1v) is 12.4. The van der Waals surface area contributed by atoms with E-state index in [1.807, 2.05) is 49.5 Å². The van der Waals surface area contributed by atoms with E-state index in [4.69, 9.17) is 4.98 Å². The Hall–Kier alpha value is -4.05. The van der Waals surface area contributed by atoms with Crippen LogP contribution in [0.1, 0.15) is 29.6 Å². The Morgan fingerprint density at radius 2 is 1.65 bits per heavy atom. The van der Waals surface area contributed by atoms with Gasteiger partial charge in [-0.2, -0.15) is 0 Å². The van der Waals surface area contributed by atoms with Gasteiger partial charge >= 0.3 is 0 Å². The molecule has 0 aliphatic carbocycles. The minimum absolute atomic E-state index is 0.122. The number of fused-ring (bicyclic) bond motifs is 3. The molecule has 0 fully saturated rings. The highest BCUT2D eigenvalue weighted by atomic mass is 16.5. The molecule has 5 rings (SSSR count). The van der Waals surface area contributed by atoms with Gasteiger partial charge in [-0.3, -0.25) is 15.2 Å². The zero-order valence-electron chi connectivity index (χ0n) is 20.7. The molecule has 2 heterocycles. The highest BCUT2D eigenvalue weighted by Crippen LogP contribution is 2.32. The molecule has 0 unspecified atom stereocenters. The van der Waals surface area contributed by atoms with Gasteiger partial charge in [-0.15, -0.1) is 10.3 Å². The number of hydrazone groups is 1. The maximum absolute atomic E-state index is 12.9. The molecule has 0 bridgehead atoms. The summed E-state index contributed by atoms with van der Waals surface area (Å²) >= 11 is 0. The first-order chi connectivity index (χ1) is 18.0. The van der Waals surface area contributed by atoms with E-state index in [1.165, 1.54) is 0 Å². The number of hydroxylamine groups is 1. The topological polar surface area (TPSA) is 105 Å². The van der Waals surface area contributed by atoms with Crippen LogP contribution in [0.15, 0.2) is 77.9 Å².